The first-order valence-corrected chi connectivity index (χ1v) is 4.56. The summed E-state index contributed by atoms with van der Waals surface area (Å²) in [7, 11) is 0. The molecule has 0 bridgehead atoms. The number of hydrogen-bond donors (Lipinski definition) is 0. The molecule has 6 heteroatoms. The van der Waals surface area contributed by atoms with Gasteiger partial charge in [0, 0.05) is 20.8 Å². The lowest BCUT2D eigenvalue weighted by Crippen LogP contribution is -2.20. The Kier molecular flexibility index (Phi) is 6.58. The molecule has 0 fully saturated rings. The van der Waals surface area contributed by atoms with Crippen LogP contribution in [0.4, 0.5) is 0 Å². The molecule has 0 aliphatic heterocycles. The molecule has 6 nitrogen and oxygen atoms in total. The molecule has 0 heterocycles. The average molecular weight is 230 g/mol. The normalized spacial score (nSPS) is 10.2. The Morgan fingerprint density at radius 3 is 1.88 bits per heavy atom. The SMILES string of the molecule is CC(=O)OC/C=C/C(OC(C)=O)OC(C)=O. The average Bonchev–Trinajstić information content (AvgIpc) is 2.09. The van der Waals surface area contributed by atoms with Gasteiger partial charge >= 0.3 is 17.9 Å². The summed E-state index contributed by atoms with van der Waals surface area (Å²) in [6.07, 6.45) is 1.63. The Morgan fingerprint density at radius 2 is 1.50 bits per heavy atom. The first-order valence-electron chi connectivity index (χ1n) is 4.56. The number of carbonyl (C=O) groups is 3. The van der Waals surface area contributed by atoms with Crippen LogP contribution in [0.25, 0.3) is 0 Å². The third kappa shape index (κ3) is 8.74. The maximum atomic E-state index is 10.6. The van der Waals surface area contributed by atoms with Crippen LogP contribution in [0, 0.1) is 0 Å². The Balaban J connectivity index is 4.13. The number of ether oxygens (including phenoxy) is 3. The van der Waals surface area contributed by atoms with E-state index in [0.29, 0.717) is 0 Å². The highest BCUT2D eigenvalue weighted by molar-refractivity contribution is 5.68. The van der Waals surface area contributed by atoms with Gasteiger partial charge in [0.05, 0.1) is 0 Å². The van der Waals surface area contributed by atoms with Crippen LogP contribution in [0.2, 0.25) is 0 Å². The summed E-state index contributed by atoms with van der Waals surface area (Å²) in [5, 5.41) is 0. The zero-order valence-corrected chi connectivity index (χ0v) is 9.39. The fourth-order valence-electron chi connectivity index (χ4n) is 0.762. The molecule has 0 saturated carbocycles. The summed E-state index contributed by atoms with van der Waals surface area (Å²) in [5.74, 6) is -1.59. The van der Waals surface area contributed by atoms with Crippen LogP contribution in [-0.2, 0) is 28.6 Å². The minimum atomic E-state index is -1.09. The third-order valence-electron chi connectivity index (χ3n) is 1.24. The molecule has 0 N–H and O–H groups in total. The van der Waals surface area contributed by atoms with Gasteiger partial charge < -0.3 is 14.2 Å². The lowest BCUT2D eigenvalue weighted by molar-refractivity contribution is -0.176. The molecule has 0 aromatic carbocycles. The second kappa shape index (κ2) is 7.44. The molecule has 0 radical (unpaired) electrons. The van der Waals surface area contributed by atoms with Crippen LogP contribution < -0.4 is 0 Å². The van der Waals surface area contributed by atoms with Crippen molar-refractivity contribution in [2.24, 2.45) is 0 Å². The first-order chi connectivity index (χ1) is 7.41. The van der Waals surface area contributed by atoms with Crippen molar-refractivity contribution in [3.63, 3.8) is 0 Å². The van der Waals surface area contributed by atoms with Crippen LogP contribution >= 0.6 is 0 Å². The van der Waals surface area contributed by atoms with Gasteiger partial charge in [-0.15, -0.1) is 0 Å². The number of hydrogen-bond acceptors (Lipinski definition) is 6. The van der Waals surface area contributed by atoms with Crippen molar-refractivity contribution < 1.29 is 28.6 Å². The topological polar surface area (TPSA) is 78.9 Å². The molecule has 0 aliphatic carbocycles. The first kappa shape index (κ1) is 14.2. The van der Waals surface area contributed by atoms with E-state index >= 15 is 0 Å². The van der Waals surface area contributed by atoms with E-state index in [-0.39, 0.29) is 6.61 Å². The maximum Gasteiger partial charge on any atom is 0.305 e. The summed E-state index contributed by atoms with van der Waals surface area (Å²) in [5.41, 5.74) is 0. The van der Waals surface area contributed by atoms with Gasteiger partial charge in [0.1, 0.15) is 6.61 Å². The predicted octanol–water partition coefficient (Wildman–Crippen LogP) is 0.558. The Labute approximate surface area is 93.2 Å². The summed E-state index contributed by atoms with van der Waals surface area (Å²) in [6, 6.07) is 0. The smallest absolute Gasteiger partial charge is 0.305 e. The van der Waals surface area contributed by atoms with E-state index in [1.807, 2.05) is 0 Å². The van der Waals surface area contributed by atoms with Crippen molar-refractivity contribution in [2.75, 3.05) is 6.61 Å². The van der Waals surface area contributed by atoms with Gasteiger partial charge in [-0.3, -0.25) is 14.4 Å². The van der Waals surface area contributed by atoms with Crippen molar-refractivity contribution in [2.45, 2.75) is 27.1 Å². The van der Waals surface area contributed by atoms with Crippen molar-refractivity contribution in [1.82, 2.24) is 0 Å². The zero-order valence-electron chi connectivity index (χ0n) is 9.39. The van der Waals surface area contributed by atoms with Gasteiger partial charge in [-0.05, 0) is 12.2 Å². The predicted molar refractivity (Wildman–Crippen MR) is 53.1 cm³/mol. The summed E-state index contributed by atoms with van der Waals surface area (Å²) >= 11 is 0. The van der Waals surface area contributed by atoms with Crippen LogP contribution in [0.15, 0.2) is 12.2 Å². The molecule has 0 unspecified atom stereocenters. The molecule has 90 valence electrons. The minimum Gasteiger partial charge on any atom is -0.462 e. The molecule has 0 spiro atoms. The standard InChI is InChI=1S/C10H14O6/c1-7(11)14-6-4-5-10(15-8(2)12)16-9(3)13/h4-5,10H,6H2,1-3H3/b5-4+. The number of rotatable bonds is 5. The highest BCUT2D eigenvalue weighted by Gasteiger charge is 2.10. The Morgan fingerprint density at radius 1 is 1.00 bits per heavy atom. The van der Waals surface area contributed by atoms with E-state index in [2.05, 4.69) is 14.2 Å². The monoisotopic (exact) mass is 230 g/mol. The number of carbonyl (C=O) groups excluding carboxylic acids is 3. The van der Waals surface area contributed by atoms with Crippen LogP contribution in [0.3, 0.4) is 0 Å². The number of esters is 3. The minimum absolute atomic E-state index is 0.0222. The van der Waals surface area contributed by atoms with E-state index in [0.717, 1.165) is 0 Å². The Bertz CT molecular complexity index is 278. The fourth-order valence-corrected chi connectivity index (χ4v) is 0.762. The third-order valence-corrected chi connectivity index (χ3v) is 1.24. The second-order valence-corrected chi connectivity index (χ2v) is 2.82. The highest BCUT2D eigenvalue weighted by atomic mass is 16.7. The lowest BCUT2D eigenvalue weighted by atomic mass is 10.5. The van der Waals surface area contributed by atoms with Gasteiger partial charge in [-0.2, -0.15) is 0 Å². The lowest BCUT2D eigenvalue weighted by Gasteiger charge is -2.12. The molecule has 0 aromatic heterocycles. The quantitative estimate of drug-likeness (QED) is 0.390. The van der Waals surface area contributed by atoms with E-state index < -0.39 is 24.2 Å². The van der Waals surface area contributed by atoms with Crippen LogP contribution in [0.1, 0.15) is 20.8 Å². The molecular weight excluding hydrogens is 216 g/mol. The van der Waals surface area contributed by atoms with Gasteiger partial charge in [-0.25, -0.2) is 0 Å². The van der Waals surface area contributed by atoms with E-state index in [1.165, 1.54) is 32.9 Å². The summed E-state index contributed by atoms with van der Waals surface area (Å²) in [6.45, 7) is 3.67. The summed E-state index contributed by atoms with van der Waals surface area (Å²) in [4.78, 5) is 31.7. The van der Waals surface area contributed by atoms with Gasteiger partial charge in [-0.1, -0.05) is 0 Å². The maximum absolute atomic E-state index is 10.6. The van der Waals surface area contributed by atoms with E-state index in [9.17, 15) is 14.4 Å². The van der Waals surface area contributed by atoms with E-state index in [4.69, 9.17) is 0 Å². The largest absolute Gasteiger partial charge is 0.462 e. The van der Waals surface area contributed by atoms with E-state index in [1.54, 1.807) is 0 Å². The molecule has 0 atom stereocenters. The van der Waals surface area contributed by atoms with Crippen molar-refractivity contribution in [1.29, 1.82) is 0 Å². The van der Waals surface area contributed by atoms with Crippen LogP contribution in [-0.4, -0.2) is 30.8 Å². The van der Waals surface area contributed by atoms with Gasteiger partial charge in [0.15, 0.2) is 0 Å². The fraction of sp³-hybridized carbons (Fsp3) is 0.500. The molecule has 0 amide bonds. The van der Waals surface area contributed by atoms with Crippen molar-refractivity contribution in [3.05, 3.63) is 12.2 Å². The van der Waals surface area contributed by atoms with Crippen LogP contribution in [0.5, 0.6) is 0 Å². The van der Waals surface area contributed by atoms with Crippen molar-refractivity contribution in [3.8, 4) is 0 Å². The molecule has 0 rings (SSSR count). The molecule has 0 saturated heterocycles. The second-order valence-electron chi connectivity index (χ2n) is 2.82. The van der Waals surface area contributed by atoms with Gasteiger partial charge in [0.2, 0.25) is 0 Å². The highest BCUT2D eigenvalue weighted by Crippen LogP contribution is 1.99. The zero-order chi connectivity index (χ0) is 12.6. The molecule has 0 aromatic rings. The van der Waals surface area contributed by atoms with Crippen molar-refractivity contribution >= 4 is 17.9 Å². The summed E-state index contributed by atoms with van der Waals surface area (Å²) < 4.78 is 13.9. The molecule has 0 aliphatic rings. The Hall–Kier alpha value is -1.85. The molecular formula is C10H14O6. The molecule has 16 heavy (non-hydrogen) atoms. The van der Waals surface area contributed by atoms with Gasteiger partial charge in [0.25, 0.3) is 6.29 Å².